The molecule has 0 unspecified atom stereocenters. The summed E-state index contributed by atoms with van der Waals surface area (Å²) in [5, 5.41) is 20.3. The molecule has 1 aromatic carbocycles. The van der Waals surface area contributed by atoms with Crippen LogP contribution < -0.4 is 5.46 Å². The third-order valence-electron chi connectivity index (χ3n) is 3.05. The van der Waals surface area contributed by atoms with Crippen molar-refractivity contribution in [2.45, 2.75) is 13.0 Å². The molecule has 20 heavy (non-hydrogen) atoms. The van der Waals surface area contributed by atoms with E-state index in [1.54, 1.807) is 17.4 Å². The minimum Gasteiger partial charge on any atom is -0.423 e. The highest BCUT2D eigenvalue weighted by molar-refractivity contribution is 7.09. The number of likely N-dealkylation sites (N-methyl/N-ethyl adjacent to an activating group) is 1. The zero-order chi connectivity index (χ0) is 14.5. The highest BCUT2D eigenvalue weighted by Gasteiger charge is 2.13. The first-order valence-electron chi connectivity index (χ1n) is 6.41. The van der Waals surface area contributed by atoms with Crippen molar-refractivity contribution in [2.75, 3.05) is 13.6 Å². The molecule has 0 fully saturated rings. The normalized spacial score (nSPS) is 11.1. The van der Waals surface area contributed by atoms with Gasteiger partial charge in [0.2, 0.25) is 0 Å². The molecule has 0 atom stereocenters. The molecule has 0 spiro atoms. The van der Waals surface area contributed by atoms with Crippen molar-refractivity contribution in [3.63, 3.8) is 0 Å². The average molecular weight is 293 g/mol. The number of hydrogen-bond acceptors (Lipinski definition) is 4. The van der Waals surface area contributed by atoms with E-state index in [4.69, 9.17) is 10.0 Å². The quantitative estimate of drug-likeness (QED) is 0.788. The van der Waals surface area contributed by atoms with Crippen LogP contribution in [0.25, 0.3) is 0 Å². The Hall–Kier alpha value is -1.21. The van der Waals surface area contributed by atoms with Crippen LogP contribution in [0.4, 0.5) is 4.39 Å². The molecule has 1 heterocycles. The molecule has 106 valence electrons. The van der Waals surface area contributed by atoms with Crippen molar-refractivity contribution in [1.29, 1.82) is 0 Å². The summed E-state index contributed by atoms with van der Waals surface area (Å²) in [6, 6.07) is 8.31. The molecule has 2 aromatic rings. The van der Waals surface area contributed by atoms with Gasteiger partial charge in [-0.1, -0.05) is 12.1 Å². The molecule has 0 bridgehead atoms. The van der Waals surface area contributed by atoms with Gasteiger partial charge in [-0.05, 0) is 48.1 Å². The maximum absolute atomic E-state index is 13.4. The van der Waals surface area contributed by atoms with Gasteiger partial charge in [0.1, 0.15) is 5.82 Å². The van der Waals surface area contributed by atoms with E-state index in [0.29, 0.717) is 6.54 Å². The molecule has 0 radical (unpaired) electrons. The van der Waals surface area contributed by atoms with Crippen LogP contribution in [0, 0.1) is 5.82 Å². The molecule has 0 saturated heterocycles. The third kappa shape index (κ3) is 4.42. The van der Waals surface area contributed by atoms with E-state index in [2.05, 4.69) is 16.3 Å². The summed E-state index contributed by atoms with van der Waals surface area (Å²) >= 11 is 1.73. The first kappa shape index (κ1) is 15.2. The summed E-state index contributed by atoms with van der Waals surface area (Å²) in [6.45, 7) is 1.44. The standard InChI is InChI=1S/C14H17BFNO2S/c1-17(5-4-14-3-2-6-20-14)10-11-7-12(15(18)19)9-13(16)8-11/h2-3,6-9,18-19H,4-5,10H2,1H3. The van der Waals surface area contributed by atoms with Crippen LogP contribution in [-0.2, 0) is 13.0 Å². The number of hydrogen-bond donors (Lipinski definition) is 2. The molecule has 0 saturated carbocycles. The lowest BCUT2D eigenvalue weighted by Crippen LogP contribution is -2.31. The lowest BCUT2D eigenvalue weighted by atomic mass is 9.79. The van der Waals surface area contributed by atoms with Crippen molar-refractivity contribution >= 4 is 23.9 Å². The Kier molecular flexibility index (Phi) is 5.31. The Bertz CT molecular complexity index is 548. The molecule has 0 aliphatic carbocycles. The van der Waals surface area contributed by atoms with Gasteiger partial charge in [0.05, 0.1) is 0 Å². The van der Waals surface area contributed by atoms with E-state index in [1.807, 2.05) is 13.1 Å². The monoisotopic (exact) mass is 293 g/mol. The Morgan fingerprint density at radius 3 is 2.75 bits per heavy atom. The van der Waals surface area contributed by atoms with Gasteiger partial charge in [0.25, 0.3) is 0 Å². The number of thiophene rings is 1. The highest BCUT2D eigenvalue weighted by Crippen LogP contribution is 2.11. The second kappa shape index (κ2) is 6.99. The molecular weight excluding hydrogens is 276 g/mol. The lowest BCUT2D eigenvalue weighted by Gasteiger charge is -2.17. The number of rotatable bonds is 6. The van der Waals surface area contributed by atoms with E-state index in [0.717, 1.165) is 24.6 Å². The van der Waals surface area contributed by atoms with Gasteiger partial charge in [-0.15, -0.1) is 11.3 Å². The number of nitrogens with zero attached hydrogens (tertiary/aromatic N) is 1. The van der Waals surface area contributed by atoms with Crippen LogP contribution in [0.1, 0.15) is 10.4 Å². The van der Waals surface area contributed by atoms with E-state index >= 15 is 0 Å². The van der Waals surface area contributed by atoms with Gasteiger partial charge in [0.15, 0.2) is 0 Å². The van der Waals surface area contributed by atoms with Crippen LogP contribution in [-0.4, -0.2) is 35.7 Å². The maximum Gasteiger partial charge on any atom is 0.488 e. The van der Waals surface area contributed by atoms with Crippen molar-refractivity contribution in [2.24, 2.45) is 0 Å². The number of benzene rings is 1. The summed E-state index contributed by atoms with van der Waals surface area (Å²) in [7, 11) is 0.328. The molecule has 0 aliphatic rings. The number of halogens is 1. The average Bonchev–Trinajstić information content (AvgIpc) is 2.88. The van der Waals surface area contributed by atoms with Crippen molar-refractivity contribution in [1.82, 2.24) is 4.90 Å². The zero-order valence-electron chi connectivity index (χ0n) is 11.3. The predicted octanol–water partition coefficient (Wildman–Crippen LogP) is 1.24. The van der Waals surface area contributed by atoms with Crippen LogP contribution in [0.15, 0.2) is 35.7 Å². The fourth-order valence-corrected chi connectivity index (χ4v) is 2.76. The van der Waals surface area contributed by atoms with Crippen molar-refractivity contribution in [3.8, 4) is 0 Å². The summed E-state index contributed by atoms with van der Waals surface area (Å²) < 4.78 is 13.4. The van der Waals surface area contributed by atoms with E-state index in [1.165, 1.54) is 10.9 Å². The minimum absolute atomic E-state index is 0.187. The third-order valence-corrected chi connectivity index (χ3v) is 3.99. The Morgan fingerprint density at radius 1 is 1.30 bits per heavy atom. The summed E-state index contributed by atoms with van der Waals surface area (Å²) in [5.41, 5.74) is 0.924. The van der Waals surface area contributed by atoms with Crippen LogP contribution in [0.5, 0.6) is 0 Å². The van der Waals surface area contributed by atoms with Crippen molar-refractivity contribution in [3.05, 3.63) is 52.0 Å². The smallest absolute Gasteiger partial charge is 0.423 e. The van der Waals surface area contributed by atoms with Gasteiger partial charge >= 0.3 is 7.12 Å². The van der Waals surface area contributed by atoms with E-state index < -0.39 is 12.9 Å². The fourth-order valence-electron chi connectivity index (χ4n) is 2.06. The van der Waals surface area contributed by atoms with Gasteiger partial charge in [-0.3, -0.25) is 0 Å². The molecule has 2 N–H and O–H groups in total. The van der Waals surface area contributed by atoms with Crippen LogP contribution >= 0.6 is 11.3 Å². The Labute approximate surface area is 122 Å². The van der Waals surface area contributed by atoms with Crippen LogP contribution in [0.3, 0.4) is 0 Å². The molecular formula is C14H17BFNO2S. The molecule has 0 amide bonds. The first-order valence-corrected chi connectivity index (χ1v) is 7.29. The molecule has 0 aliphatic heterocycles. The second-order valence-electron chi connectivity index (χ2n) is 4.83. The molecule has 3 nitrogen and oxygen atoms in total. The highest BCUT2D eigenvalue weighted by atomic mass is 32.1. The van der Waals surface area contributed by atoms with Crippen LogP contribution in [0.2, 0.25) is 0 Å². The van der Waals surface area contributed by atoms with Gasteiger partial charge in [-0.25, -0.2) is 4.39 Å². The van der Waals surface area contributed by atoms with E-state index in [-0.39, 0.29) is 5.46 Å². The van der Waals surface area contributed by atoms with Gasteiger partial charge in [0, 0.05) is 18.0 Å². The molecule has 2 rings (SSSR count). The van der Waals surface area contributed by atoms with Crippen molar-refractivity contribution < 1.29 is 14.4 Å². The van der Waals surface area contributed by atoms with E-state index in [9.17, 15) is 4.39 Å². The maximum atomic E-state index is 13.4. The first-order chi connectivity index (χ1) is 9.54. The fraction of sp³-hybridized carbons (Fsp3) is 0.286. The molecule has 1 aromatic heterocycles. The topological polar surface area (TPSA) is 43.7 Å². The summed E-state index contributed by atoms with van der Waals surface area (Å²) in [5.74, 6) is -0.447. The SMILES string of the molecule is CN(CCc1cccs1)Cc1cc(F)cc(B(O)O)c1. The largest absolute Gasteiger partial charge is 0.488 e. The lowest BCUT2D eigenvalue weighted by molar-refractivity contribution is 0.331. The zero-order valence-corrected chi connectivity index (χ0v) is 12.1. The Balaban J connectivity index is 1.95. The summed E-state index contributed by atoms with van der Waals surface area (Å²) in [6.07, 6.45) is 0.957. The second-order valence-corrected chi connectivity index (χ2v) is 5.87. The minimum atomic E-state index is -1.64. The van der Waals surface area contributed by atoms with Gasteiger partial charge in [-0.2, -0.15) is 0 Å². The summed E-state index contributed by atoms with van der Waals surface area (Å²) in [4.78, 5) is 3.41. The predicted molar refractivity (Wildman–Crippen MR) is 80.6 cm³/mol. The van der Waals surface area contributed by atoms with Gasteiger partial charge < -0.3 is 14.9 Å². The Morgan fingerprint density at radius 2 is 2.10 bits per heavy atom. The molecule has 6 heteroatoms.